The number of nitrogens with one attached hydrogen (secondary N) is 2. The van der Waals surface area contributed by atoms with Gasteiger partial charge in [0, 0.05) is 11.5 Å². The standard InChI is InChI=1S/C20H20N2O6/c1-4-27-20(24)22-17-13-7-5-6-8-15(13)28-18(17)19(23)21-14-11-12(25-2)9-10-16(14)26-3/h5-11H,4H2,1-3H3,(H,21,23)(H,22,24). The number of ether oxygens (including phenoxy) is 3. The van der Waals surface area contributed by atoms with Crippen molar-refractivity contribution < 1.29 is 28.2 Å². The first-order valence-corrected chi connectivity index (χ1v) is 8.56. The summed E-state index contributed by atoms with van der Waals surface area (Å²) in [5.74, 6) is 0.379. The SMILES string of the molecule is CCOC(=O)Nc1c(C(=O)Nc2cc(OC)ccc2OC)oc2ccccc12. The van der Waals surface area contributed by atoms with Crippen LogP contribution in [0.3, 0.4) is 0 Å². The lowest BCUT2D eigenvalue weighted by atomic mass is 10.2. The number of carbonyl (C=O) groups is 2. The molecule has 0 atom stereocenters. The van der Waals surface area contributed by atoms with E-state index < -0.39 is 12.0 Å². The second kappa shape index (κ2) is 8.34. The van der Waals surface area contributed by atoms with E-state index in [0.717, 1.165) is 0 Å². The van der Waals surface area contributed by atoms with E-state index in [0.29, 0.717) is 28.2 Å². The van der Waals surface area contributed by atoms with Crippen LogP contribution in [0.2, 0.25) is 0 Å². The summed E-state index contributed by atoms with van der Waals surface area (Å²) in [5.41, 5.74) is 1.08. The van der Waals surface area contributed by atoms with Crippen molar-refractivity contribution >= 4 is 34.3 Å². The van der Waals surface area contributed by atoms with Crippen molar-refractivity contribution in [2.75, 3.05) is 31.5 Å². The highest BCUT2D eigenvalue weighted by molar-refractivity contribution is 6.14. The van der Waals surface area contributed by atoms with E-state index in [4.69, 9.17) is 18.6 Å². The normalized spacial score (nSPS) is 10.4. The summed E-state index contributed by atoms with van der Waals surface area (Å²) >= 11 is 0. The minimum atomic E-state index is -0.679. The average molecular weight is 384 g/mol. The van der Waals surface area contributed by atoms with Gasteiger partial charge in [0.25, 0.3) is 5.91 Å². The molecule has 2 amide bonds. The molecular weight excluding hydrogens is 364 g/mol. The molecule has 1 aromatic heterocycles. The Morgan fingerprint density at radius 1 is 1.04 bits per heavy atom. The molecule has 0 saturated carbocycles. The van der Waals surface area contributed by atoms with E-state index in [1.54, 1.807) is 49.4 Å². The average Bonchev–Trinajstić information content (AvgIpc) is 3.06. The maximum Gasteiger partial charge on any atom is 0.411 e. The molecule has 0 radical (unpaired) electrons. The first kappa shape index (κ1) is 19.1. The van der Waals surface area contributed by atoms with E-state index in [1.807, 2.05) is 0 Å². The third-order valence-corrected chi connectivity index (χ3v) is 3.96. The van der Waals surface area contributed by atoms with Crippen LogP contribution in [0.1, 0.15) is 17.5 Å². The zero-order chi connectivity index (χ0) is 20.1. The van der Waals surface area contributed by atoms with Crippen LogP contribution in [-0.2, 0) is 4.74 Å². The molecular formula is C20H20N2O6. The highest BCUT2D eigenvalue weighted by atomic mass is 16.5. The number of amides is 2. The molecule has 0 aliphatic carbocycles. The molecule has 1 heterocycles. The zero-order valence-electron chi connectivity index (χ0n) is 15.7. The molecule has 28 heavy (non-hydrogen) atoms. The minimum Gasteiger partial charge on any atom is -0.497 e. The largest absolute Gasteiger partial charge is 0.497 e. The summed E-state index contributed by atoms with van der Waals surface area (Å²) in [6, 6.07) is 12.0. The van der Waals surface area contributed by atoms with Gasteiger partial charge in [-0.15, -0.1) is 0 Å². The minimum absolute atomic E-state index is 0.0564. The third-order valence-electron chi connectivity index (χ3n) is 3.96. The van der Waals surface area contributed by atoms with Crippen molar-refractivity contribution in [3.63, 3.8) is 0 Å². The van der Waals surface area contributed by atoms with Crippen LogP contribution in [-0.4, -0.2) is 32.8 Å². The fourth-order valence-electron chi connectivity index (χ4n) is 2.69. The molecule has 2 aromatic carbocycles. The van der Waals surface area contributed by atoms with Gasteiger partial charge in [0.15, 0.2) is 0 Å². The maximum atomic E-state index is 12.9. The highest BCUT2D eigenvalue weighted by Gasteiger charge is 2.23. The van der Waals surface area contributed by atoms with Gasteiger partial charge in [-0.3, -0.25) is 10.1 Å². The summed E-state index contributed by atoms with van der Waals surface area (Å²) < 4.78 is 21.1. The quantitative estimate of drug-likeness (QED) is 0.658. The summed E-state index contributed by atoms with van der Waals surface area (Å²) in [5, 5.41) is 5.89. The van der Waals surface area contributed by atoms with Gasteiger partial charge in [0.1, 0.15) is 22.8 Å². The number of hydrogen-bond acceptors (Lipinski definition) is 6. The molecule has 8 nitrogen and oxygen atoms in total. The Bertz CT molecular complexity index is 1010. The van der Waals surface area contributed by atoms with E-state index in [9.17, 15) is 9.59 Å². The first-order valence-electron chi connectivity index (χ1n) is 8.56. The third kappa shape index (κ3) is 3.85. The summed E-state index contributed by atoms with van der Waals surface area (Å²) in [7, 11) is 3.01. The number of benzene rings is 2. The van der Waals surface area contributed by atoms with Crippen molar-refractivity contribution in [3.05, 3.63) is 48.2 Å². The molecule has 146 valence electrons. The molecule has 0 unspecified atom stereocenters. The molecule has 0 aliphatic heterocycles. The van der Waals surface area contributed by atoms with Gasteiger partial charge >= 0.3 is 6.09 Å². The van der Waals surface area contributed by atoms with E-state index >= 15 is 0 Å². The number of para-hydroxylation sites is 1. The first-order chi connectivity index (χ1) is 13.6. The van der Waals surface area contributed by atoms with Crippen molar-refractivity contribution in [2.45, 2.75) is 6.92 Å². The molecule has 3 rings (SSSR count). The predicted octanol–water partition coefficient (Wildman–Crippen LogP) is 4.27. The Morgan fingerprint density at radius 3 is 2.54 bits per heavy atom. The van der Waals surface area contributed by atoms with Gasteiger partial charge < -0.3 is 23.9 Å². The summed E-state index contributed by atoms with van der Waals surface area (Å²) in [6.45, 7) is 1.89. The molecule has 0 spiro atoms. The fourth-order valence-corrected chi connectivity index (χ4v) is 2.69. The van der Waals surface area contributed by atoms with Gasteiger partial charge in [0.2, 0.25) is 5.76 Å². The van der Waals surface area contributed by atoms with Crippen LogP contribution in [0.4, 0.5) is 16.2 Å². The highest BCUT2D eigenvalue weighted by Crippen LogP contribution is 2.34. The van der Waals surface area contributed by atoms with Crippen LogP contribution in [0.25, 0.3) is 11.0 Å². The molecule has 8 heteroatoms. The Labute approximate surface area is 161 Å². The van der Waals surface area contributed by atoms with Crippen LogP contribution in [0.15, 0.2) is 46.9 Å². The number of methoxy groups -OCH3 is 2. The van der Waals surface area contributed by atoms with Crippen LogP contribution >= 0.6 is 0 Å². The molecule has 0 aliphatic rings. The predicted molar refractivity (Wildman–Crippen MR) is 104 cm³/mol. The lowest BCUT2D eigenvalue weighted by Gasteiger charge is -2.11. The molecule has 3 aromatic rings. The Kier molecular flexibility index (Phi) is 5.69. The van der Waals surface area contributed by atoms with Crippen molar-refractivity contribution in [1.82, 2.24) is 0 Å². The molecule has 0 fully saturated rings. The van der Waals surface area contributed by atoms with Gasteiger partial charge in [-0.1, -0.05) is 12.1 Å². The van der Waals surface area contributed by atoms with E-state index in [2.05, 4.69) is 10.6 Å². The lowest BCUT2D eigenvalue weighted by Crippen LogP contribution is -2.18. The van der Waals surface area contributed by atoms with E-state index in [-0.39, 0.29) is 18.1 Å². The number of carbonyl (C=O) groups excluding carboxylic acids is 2. The molecule has 0 bridgehead atoms. The summed E-state index contributed by atoms with van der Waals surface area (Å²) in [6.07, 6.45) is -0.679. The van der Waals surface area contributed by atoms with Crippen LogP contribution in [0, 0.1) is 0 Å². The van der Waals surface area contributed by atoms with Gasteiger partial charge in [-0.25, -0.2) is 4.79 Å². The van der Waals surface area contributed by atoms with E-state index in [1.165, 1.54) is 14.2 Å². The van der Waals surface area contributed by atoms with Crippen molar-refractivity contribution in [1.29, 1.82) is 0 Å². The number of hydrogen-bond donors (Lipinski definition) is 2. The number of furan rings is 1. The second-order valence-corrected chi connectivity index (χ2v) is 5.67. The maximum absolute atomic E-state index is 12.9. The topological polar surface area (TPSA) is 99.0 Å². The van der Waals surface area contributed by atoms with Gasteiger partial charge in [0.05, 0.1) is 26.5 Å². The second-order valence-electron chi connectivity index (χ2n) is 5.67. The van der Waals surface area contributed by atoms with Crippen molar-refractivity contribution in [2.24, 2.45) is 0 Å². The fraction of sp³-hybridized carbons (Fsp3) is 0.200. The van der Waals surface area contributed by atoms with Gasteiger partial charge in [-0.2, -0.15) is 0 Å². The molecule has 2 N–H and O–H groups in total. The monoisotopic (exact) mass is 384 g/mol. The Hall–Kier alpha value is -3.68. The Balaban J connectivity index is 1.98. The zero-order valence-corrected chi connectivity index (χ0v) is 15.7. The van der Waals surface area contributed by atoms with Gasteiger partial charge in [-0.05, 0) is 31.2 Å². The van der Waals surface area contributed by atoms with Crippen LogP contribution in [0.5, 0.6) is 11.5 Å². The number of rotatable bonds is 6. The smallest absolute Gasteiger partial charge is 0.411 e. The lowest BCUT2D eigenvalue weighted by molar-refractivity contribution is 0.0999. The number of anilines is 2. The Morgan fingerprint density at radius 2 is 1.82 bits per heavy atom. The number of fused-ring (bicyclic) bond motifs is 1. The summed E-state index contributed by atoms with van der Waals surface area (Å²) in [4.78, 5) is 24.8. The van der Waals surface area contributed by atoms with Crippen molar-refractivity contribution in [3.8, 4) is 11.5 Å². The molecule has 0 saturated heterocycles. The van der Waals surface area contributed by atoms with Crippen LogP contribution < -0.4 is 20.1 Å².